The topological polar surface area (TPSA) is 86.2 Å². The summed E-state index contributed by atoms with van der Waals surface area (Å²) < 4.78 is 17.4. The number of esters is 1. The first-order chi connectivity index (χ1) is 17.8. The third-order valence-corrected chi connectivity index (χ3v) is 7.25. The first-order valence-electron chi connectivity index (χ1n) is 10.8. The molecule has 0 aliphatic rings. The molecule has 11 heteroatoms. The van der Waals surface area contributed by atoms with Crippen molar-refractivity contribution in [2.45, 2.75) is 13.0 Å². The van der Waals surface area contributed by atoms with Crippen LogP contribution >= 0.6 is 46.1 Å². The number of ether oxygens (including phenoxy) is 3. The van der Waals surface area contributed by atoms with Crippen LogP contribution < -0.4 is 19.6 Å². The maximum atomic E-state index is 12.8. The number of hydrogen-bond donors (Lipinski definition) is 1. The van der Waals surface area contributed by atoms with Crippen LogP contribution in [0.25, 0.3) is 10.1 Å². The molecule has 1 amide bonds. The largest absolute Gasteiger partial charge is 0.493 e. The van der Waals surface area contributed by atoms with Gasteiger partial charge in [-0.05, 0) is 55.0 Å². The van der Waals surface area contributed by atoms with Gasteiger partial charge in [0.15, 0.2) is 17.6 Å². The van der Waals surface area contributed by atoms with Crippen LogP contribution in [0.15, 0.2) is 65.8 Å². The Bertz CT molecular complexity index is 1510. The molecule has 4 rings (SSSR count). The summed E-state index contributed by atoms with van der Waals surface area (Å²) >= 11 is 19.6. The molecule has 0 radical (unpaired) electrons. The Hall–Kier alpha value is -3.30. The van der Waals surface area contributed by atoms with Crippen LogP contribution in [-0.2, 0) is 4.79 Å². The van der Waals surface area contributed by atoms with Crippen LogP contribution in [0.5, 0.6) is 17.2 Å². The molecule has 0 aliphatic carbocycles. The molecule has 4 aromatic rings. The molecule has 1 atom stereocenters. The second-order valence-electron chi connectivity index (χ2n) is 7.61. The van der Waals surface area contributed by atoms with E-state index in [4.69, 9.17) is 49.0 Å². The smallest absolute Gasteiger partial charge is 0.355 e. The monoisotopic (exact) mass is 576 g/mol. The minimum Gasteiger partial charge on any atom is -0.493 e. The Morgan fingerprint density at radius 2 is 1.76 bits per heavy atom. The zero-order valence-corrected chi connectivity index (χ0v) is 22.5. The lowest BCUT2D eigenvalue weighted by molar-refractivity contribution is -0.127. The SMILES string of the molecule is COc1cc(C=NNC(=O)C(C)Oc2ccc(Cl)cc2Cl)ccc1OC(=O)c1sc2ccccc2c1Cl. The number of amides is 1. The minimum atomic E-state index is -0.868. The Balaban J connectivity index is 1.39. The number of carbonyl (C=O) groups excluding carboxylic acids is 2. The van der Waals surface area contributed by atoms with E-state index in [0.717, 1.165) is 10.1 Å². The standard InChI is InChI=1S/C26H19Cl3N2O5S/c1-14(35-19-10-8-16(27)12-18(19)28)25(32)31-30-13-15-7-9-20(21(11-15)34-2)36-26(33)24-23(29)17-5-3-4-6-22(17)37-24/h3-14H,1-2H3,(H,31,32). The predicted molar refractivity (Wildman–Crippen MR) is 147 cm³/mol. The highest BCUT2D eigenvalue weighted by atomic mass is 35.5. The van der Waals surface area contributed by atoms with Gasteiger partial charge in [-0.1, -0.05) is 53.0 Å². The molecule has 7 nitrogen and oxygen atoms in total. The fraction of sp³-hybridized carbons (Fsp3) is 0.115. The van der Waals surface area contributed by atoms with Crippen LogP contribution in [0.3, 0.4) is 0 Å². The first-order valence-corrected chi connectivity index (χ1v) is 12.7. The number of hydrazone groups is 1. The second-order valence-corrected chi connectivity index (χ2v) is 9.88. The summed E-state index contributed by atoms with van der Waals surface area (Å²) in [5.74, 6) is -0.239. The molecule has 0 spiro atoms. The average Bonchev–Trinajstić information content (AvgIpc) is 3.23. The molecular weight excluding hydrogens is 559 g/mol. The van der Waals surface area contributed by atoms with E-state index in [0.29, 0.717) is 32.0 Å². The summed E-state index contributed by atoms with van der Waals surface area (Å²) in [7, 11) is 1.45. The van der Waals surface area contributed by atoms with Gasteiger partial charge in [0.05, 0.1) is 23.4 Å². The van der Waals surface area contributed by atoms with Gasteiger partial charge >= 0.3 is 5.97 Å². The highest BCUT2D eigenvalue weighted by Gasteiger charge is 2.20. The molecular formula is C26H19Cl3N2O5S. The van der Waals surface area contributed by atoms with Gasteiger partial charge in [0, 0.05) is 15.1 Å². The third-order valence-electron chi connectivity index (χ3n) is 5.07. The van der Waals surface area contributed by atoms with Gasteiger partial charge in [-0.25, -0.2) is 10.2 Å². The van der Waals surface area contributed by atoms with E-state index >= 15 is 0 Å². The molecule has 0 saturated heterocycles. The first kappa shape index (κ1) is 26.8. The number of nitrogens with one attached hydrogen (secondary N) is 1. The van der Waals surface area contributed by atoms with Gasteiger partial charge < -0.3 is 14.2 Å². The Kier molecular flexibility index (Phi) is 8.56. The van der Waals surface area contributed by atoms with Crippen molar-refractivity contribution >= 4 is 74.3 Å². The number of rotatable bonds is 8. The summed E-state index contributed by atoms with van der Waals surface area (Å²) in [6.07, 6.45) is 0.546. The van der Waals surface area contributed by atoms with Crippen molar-refractivity contribution in [2.24, 2.45) is 5.10 Å². The van der Waals surface area contributed by atoms with E-state index in [-0.39, 0.29) is 10.8 Å². The summed E-state index contributed by atoms with van der Waals surface area (Å²) in [6, 6.07) is 17.0. The molecule has 0 bridgehead atoms. The van der Waals surface area contributed by atoms with Crippen LogP contribution in [0.2, 0.25) is 15.1 Å². The van der Waals surface area contributed by atoms with E-state index < -0.39 is 18.0 Å². The number of halogens is 3. The lowest BCUT2D eigenvalue weighted by atomic mass is 10.2. The number of carbonyl (C=O) groups is 2. The normalized spacial score (nSPS) is 11.9. The van der Waals surface area contributed by atoms with Crippen molar-refractivity contribution in [3.8, 4) is 17.2 Å². The van der Waals surface area contributed by atoms with E-state index in [2.05, 4.69) is 10.5 Å². The summed E-state index contributed by atoms with van der Waals surface area (Å²) in [4.78, 5) is 25.4. The van der Waals surface area contributed by atoms with E-state index in [1.807, 2.05) is 24.3 Å². The molecule has 190 valence electrons. The number of thiophene rings is 1. The van der Waals surface area contributed by atoms with Crippen molar-refractivity contribution in [1.82, 2.24) is 5.43 Å². The lowest BCUT2D eigenvalue weighted by Crippen LogP contribution is -2.33. The molecule has 1 N–H and O–H groups in total. The van der Waals surface area contributed by atoms with Crippen molar-refractivity contribution in [1.29, 1.82) is 0 Å². The fourth-order valence-electron chi connectivity index (χ4n) is 3.22. The molecule has 3 aromatic carbocycles. The Morgan fingerprint density at radius 3 is 2.49 bits per heavy atom. The predicted octanol–water partition coefficient (Wildman–Crippen LogP) is 7.01. The molecule has 37 heavy (non-hydrogen) atoms. The zero-order valence-electron chi connectivity index (χ0n) is 19.5. The molecule has 1 unspecified atom stereocenters. The summed E-state index contributed by atoms with van der Waals surface area (Å²) in [6.45, 7) is 1.56. The fourth-order valence-corrected chi connectivity index (χ4v) is 5.05. The average molecular weight is 578 g/mol. The van der Waals surface area contributed by atoms with Gasteiger partial charge in [0.1, 0.15) is 10.6 Å². The van der Waals surface area contributed by atoms with E-state index in [9.17, 15) is 9.59 Å². The van der Waals surface area contributed by atoms with Gasteiger partial charge in [-0.3, -0.25) is 4.79 Å². The second kappa shape index (κ2) is 11.8. The number of methoxy groups -OCH3 is 1. The molecule has 0 saturated carbocycles. The Labute approximate surface area is 231 Å². The van der Waals surface area contributed by atoms with Crippen molar-refractivity contribution in [2.75, 3.05) is 7.11 Å². The maximum absolute atomic E-state index is 12.8. The maximum Gasteiger partial charge on any atom is 0.355 e. The van der Waals surface area contributed by atoms with Gasteiger partial charge in [-0.2, -0.15) is 5.10 Å². The van der Waals surface area contributed by atoms with Crippen molar-refractivity contribution < 1.29 is 23.8 Å². The third kappa shape index (κ3) is 6.34. The zero-order chi connectivity index (χ0) is 26.5. The minimum absolute atomic E-state index is 0.212. The Morgan fingerprint density at radius 1 is 1.00 bits per heavy atom. The highest BCUT2D eigenvalue weighted by Crippen LogP contribution is 2.37. The number of benzene rings is 3. The molecule has 0 fully saturated rings. The number of nitrogens with zero attached hydrogens (tertiary/aromatic N) is 1. The summed E-state index contributed by atoms with van der Waals surface area (Å²) in [5.41, 5.74) is 2.99. The van der Waals surface area contributed by atoms with Crippen LogP contribution in [0, 0.1) is 0 Å². The molecule has 1 aromatic heterocycles. The van der Waals surface area contributed by atoms with E-state index in [1.54, 1.807) is 37.3 Å². The van der Waals surface area contributed by atoms with Crippen LogP contribution in [0.4, 0.5) is 0 Å². The number of hydrogen-bond acceptors (Lipinski definition) is 7. The van der Waals surface area contributed by atoms with Gasteiger partial charge in [0.25, 0.3) is 5.91 Å². The van der Waals surface area contributed by atoms with Crippen molar-refractivity contribution in [3.05, 3.63) is 86.2 Å². The van der Waals surface area contributed by atoms with Crippen LogP contribution in [0.1, 0.15) is 22.2 Å². The number of fused-ring (bicyclic) bond motifs is 1. The van der Waals surface area contributed by atoms with Gasteiger partial charge in [0.2, 0.25) is 0 Å². The molecule has 1 heterocycles. The van der Waals surface area contributed by atoms with Crippen molar-refractivity contribution in [3.63, 3.8) is 0 Å². The van der Waals surface area contributed by atoms with Crippen LogP contribution in [-0.4, -0.2) is 31.3 Å². The quantitative estimate of drug-likeness (QED) is 0.105. The van der Waals surface area contributed by atoms with E-state index in [1.165, 1.54) is 30.7 Å². The summed E-state index contributed by atoms with van der Waals surface area (Å²) in [5, 5.41) is 5.84. The lowest BCUT2D eigenvalue weighted by Gasteiger charge is -2.14. The van der Waals surface area contributed by atoms with Gasteiger partial charge in [-0.15, -0.1) is 11.3 Å². The highest BCUT2D eigenvalue weighted by molar-refractivity contribution is 7.21. The molecule has 0 aliphatic heterocycles.